The smallest absolute Gasteiger partial charge is 0.433 e. The van der Waals surface area contributed by atoms with E-state index in [0.29, 0.717) is 0 Å². The topological polar surface area (TPSA) is 97.9 Å². The molecule has 0 radical (unpaired) electrons. The largest absolute Gasteiger partial charge is 0.497 e. The molecule has 1 aromatic heterocycles. The van der Waals surface area contributed by atoms with Crippen LogP contribution in [0.2, 0.25) is 0 Å². The van der Waals surface area contributed by atoms with Gasteiger partial charge in [-0.2, -0.15) is 13.2 Å². The average Bonchev–Trinajstić information content (AvgIpc) is 3.04. The van der Waals surface area contributed by atoms with E-state index < -0.39 is 30.1 Å². The second-order valence-corrected chi connectivity index (χ2v) is 6.69. The molecule has 30 heavy (non-hydrogen) atoms. The van der Waals surface area contributed by atoms with E-state index in [1.807, 2.05) is 0 Å². The number of aromatic nitrogens is 1. The molecule has 2 heterocycles. The van der Waals surface area contributed by atoms with Crippen LogP contribution in [0, 0.1) is 0 Å². The van der Waals surface area contributed by atoms with Crippen molar-refractivity contribution in [2.75, 3.05) is 20.2 Å². The molecule has 0 spiro atoms. The highest BCUT2D eigenvalue weighted by atomic mass is 19.4. The van der Waals surface area contributed by atoms with Crippen LogP contribution in [0.3, 0.4) is 0 Å². The number of methoxy groups -OCH3 is 1. The molecule has 1 amide bonds. The van der Waals surface area contributed by atoms with E-state index in [4.69, 9.17) is 15.2 Å². The Morgan fingerprint density at radius 3 is 2.50 bits per heavy atom. The van der Waals surface area contributed by atoms with Gasteiger partial charge < -0.3 is 25.2 Å². The minimum atomic E-state index is -4.70. The fourth-order valence-electron chi connectivity index (χ4n) is 2.96. The molecular formula is C19H19F4N3O4. The van der Waals surface area contributed by atoms with E-state index in [9.17, 15) is 27.5 Å². The van der Waals surface area contributed by atoms with Gasteiger partial charge in [-0.3, -0.25) is 4.79 Å². The van der Waals surface area contributed by atoms with E-state index >= 15 is 0 Å². The van der Waals surface area contributed by atoms with Gasteiger partial charge in [-0.15, -0.1) is 0 Å². The van der Waals surface area contributed by atoms with E-state index in [2.05, 4.69) is 4.98 Å². The summed E-state index contributed by atoms with van der Waals surface area (Å²) in [7, 11) is 1.33. The van der Waals surface area contributed by atoms with Crippen molar-refractivity contribution in [1.82, 2.24) is 9.88 Å². The highest BCUT2D eigenvalue weighted by Gasteiger charge is 2.35. The van der Waals surface area contributed by atoms with Crippen molar-refractivity contribution >= 4 is 5.91 Å². The number of hydrogen-bond acceptors (Lipinski definition) is 6. The molecule has 2 unspecified atom stereocenters. The number of carbonyl (C=O) groups is 1. The predicted octanol–water partition coefficient (Wildman–Crippen LogP) is 2.51. The molecule has 2 atom stereocenters. The molecule has 3 N–H and O–H groups in total. The number of likely N-dealkylation sites (tertiary alicyclic amines) is 1. The number of halogens is 4. The molecular weight excluding hydrogens is 410 g/mol. The highest BCUT2D eigenvalue weighted by Crippen LogP contribution is 2.33. The summed E-state index contributed by atoms with van der Waals surface area (Å²) in [6.07, 6.45) is -7.53. The van der Waals surface area contributed by atoms with Crippen LogP contribution in [-0.2, 0) is 12.7 Å². The maximum absolute atomic E-state index is 13.6. The van der Waals surface area contributed by atoms with Gasteiger partial charge in [-0.05, 0) is 23.8 Å². The van der Waals surface area contributed by atoms with Crippen molar-refractivity contribution < 1.29 is 36.9 Å². The normalized spacial score (nSPS) is 19.1. The van der Waals surface area contributed by atoms with Gasteiger partial charge in [0.1, 0.15) is 29.5 Å². The van der Waals surface area contributed by atoms with Crippen molar-refractivity contribution in [2.45, 2.75) is 25.0 Å². The molecule has 1 aliphatic heterocycles. The number of pyridine rings is 1. The third-order valence-electron chi connectivity index (χ3n) is 4.48. The number of rotatable bonds is 5. The Morgan fingerprint density at radius 2 is 1.93 bits per heavy atom. The zero-order valence-electron chi connectivity index (χ0n) is 15.8. The van der Waals surface area contributed by atoms with E-state index in [-0.39, 0.29) is 48.1 Å². The Labute approximate surface area is 169 Å². The summed E-state index contributed by atoms with van der Waals surface area (Å²) < 4.78 is 63.3. The third kappa shape index (κ3) is 4.79. The quantitative estimate of drug-likeness (QED) is 0.709. The first-order chi connectivity index (χ1) is 14.1. The van der Waals surface area contributed by atoms with Gasteiger partial charge in [0.05, 0.1) is 13.7 Å². The van der Waals surface area contributed by atoms with Gasteiger partial charge in [-0.1, -0.05) is 0 Å². The first-order valence-electron chi connectivity index (χ1n) is 8.87. The summed E-state index contributed by atoms with van der Waals surface area (Å²) in [5.74, 6) is -0.766. The van der Waals surface area contributed by atoms with Gasteiger partial charge in [0.15, 0.2) is 0 Å². The van der Waals surface area contributed by atoms with Crippen LogP contribution >= 0.6 is 0 Å². The molecule has 0 saturated carbocycles. The number of nitrogens with zero attached hydrogens (tertiary/aromatic N) is 2. The summed E-state index contributed by atoms with van der Waals surface area (Å²) in [5.41, 5.74) is 4.50. The lowest BCUT2D eigenvalue weighted by molar-refractivity contribution is -0.141. The SMILES string of the molecule is COc1cc(Oc2cc(CN)cc(C(F)(F)F)n2)cc(C(=O)N2CC(O)C(F)C2)c1. The maximum atomic E-state index is 13.6. The Balaban J connectivity index is 1.92. The van der Waals surface area contributed by atoms with Crippen LogP contribution in [-0.4, -0.2) is 53.4 Å². The van der Waals surface area contributed by atoms with Crippen molar-refractivity contribution in [3.63, 3.8) is 0 Å². The number of hydrogen-bond donors (Lipinski definition) is 2. The number of ether oxygens (including phenoxy) is 2. The zero-order chi connectivity index (χ0) is 22.1. The number of aliphatic hydroxyl groups excluding tert-OH is 1. The maximum Gasteiger partial charge on any atom is 0.433 e. The second kappa shape index (κ2) is 8.44. The number of aliphatic hydroxyl groups is 1. The van der Waals surface area contributed by atoms with Crippen molar-refractivity contribution in [2.24, 2.45) is 5.73 Å². The first-order valence-corrected chi connectivity index (χ1v) is 8.87. The van der Waals surface area contributed by atoms with Crippen molar-refractivity contribution in [1.29, 1.82) is 0 Å². The van der Waals surface area contributed by atoms with E-state index in [1.165, 1.54) is 31.4 Å². The molecule has 3 rings (SSSR count). The number of nitrogens with two attached hydrogens (primary N) is 1. The van der Waals surface area contributed by atoms with Crippen molar-refractivity contribution in [3.05, 3.63) is 47.2 Å². The number of β-amino-alcohol motifs (C(OH)–C–C–N with tert-alkyl or cyclic N) is 1. The molecule has 7 nitrogen and oxygen atoms in total. The van der Waals surface area contributed by atoms with E-state index in [0.717, 1.165) is 11.0 Å². The van der Waals surface area contributed by atoms with Crippen LogP contribution in [0.1, 0.15) is 21.6 Å². The zero-order valence-corrected chi connectivity index (χ0v) is 15.8. The van der Waals surface area contributed by atoms with Gasteiger partial charge >= 0.3 is 6.18 Å². The third-order valence-corrected chi connectivity index (χ3v) is 4.48. The molecule has 0 aliphatic carbocycles. The summed E-state index contributed by atoms with van der Waals surface area (Å²) >= 11 is 0. The van der Waals surface area contributed by atoms with Gasteiger partial charge in [0, 0.05) is 30.8 Å². The van der Waals surface area contributed by atoms with Gasteiger partial charge in [-0.25, -0.2) is 9.37 Å². The minimum Gasteiger partial charge on any atom is -0.497 e. The van der Waals surface area contributed by atoms with E-state index in [1.54, 1.807) is 0 Å². The number of amides is 1. The number of alkyl halides is 4. The summed E-state index contributed by atoms with van der Waals surface area (Å²) in [6.45, 7) is -0.615. The van der Waals surface area contributed by atoms with Crippen LogP contribution in [0.25, 0.3) is 0 Å². The summed E-state index contributed by atoms with van der Waals surface area (Å²) in [6, 6.07) is 6.07. The Morgan fingerprint density at radius 1 is 1.23 bits per heavy atom. The Hall–Kier alpha value is -2.92. The molecule has 1 aromatic carbocycles. The molecule has 2 aromatic rings. The average molecular weight is 429 g/mol. The standard InChI is InChI=1S/C19H19F4N3O4/c1-29-12-4-11(18(28)26-8-14(20)15(27)9-26)5-13(6-12)30-17-3-10(7-24)2-16(25-17)19(21,22)23/h2-6,14-15,27H,7-9,24H2,1H3. The molecule has 1 saturated heterocycles. The molecule has 1 aliphatic rings. The minimum absolute atomic E-state index is 0.0101. The fourth-order valence-corrected chi connectivity index (χ4v) is 2.96. The first kappa shape index (κ1) is 21.8. The van der Waals surface area contributed by atoms with Gasteiger partial charge in [0.25, 0.3) is 5.91 Å². The lowest BCUT2D eigenvalue weighted by Crippen LogP contribution is -2.29. The molecule has 1 fully saturated rings. The Bertz CT molecular complexity index is 928. The van der Waals surface area contributed by atoms with Crippen LogP contribution in [0.4, 0.5) is 17.6 Å². The summed E-state index contributed by atoms with van der Waals surface area (Å²) in [4.78, 5) is 17.2. The fraction of sp³-hybridized carbons (Fsp3) is 0.368. The lowest BCUT2D eigenvalue weighted by Gasteiger charge is -2.17. The van der Waals surface area contributed by atoms with Crippen LogP contribution in [0.15, 0.2) is 30.3 Å². The van der Waals surface area contributed by atoms with Crippen LogP contribution < -0.4 is 15.2 Å². The number of benzene rings is 1. The monoisotopic (exact) mass is 429 g/mol. The highest BCUT2D eigenvalue weighted by molar-refractivity contribution is 5.95. The predicted molar refractivity (Wildman–Crippen MR) is 97.0 cm³/mol. The van der Waals surface area contributed by atoms with Crippen LogP contribution in [0.5, 0.6) is 17.4 Å². The second-order valence-electron chi connectivity index (χ2n) is 6.69. The summed E-state index contributed by atoms with van der Waals surface area (Å²) in [5, 5.41) is 9.53. The molecule has 162 valence electrons. The van der Waals surface area contributed by atoms with Gasteiger partial charge in [0.2, 0.25) is 5.88 Å². The van der Waals surface area contributed by atoms with Crippen molar-refractivity contribution in [3.8, 4) is 17.4 Å². The molecule has 11 heteroatoms. The Kier molecular flexibility index (Phi) is 6.13. The number of carbonyl (C=O) groups excluding carboxylic acids is 1. The molecule has 0 bridgehead atoms. The lowest BCUT2D eigenvalue weighted by atomic mass is 10.1.